The van der Waals surface area contributed by atoms with E-state index in [9.17, 15) is 9.59 Å². The molecule has 2 N–H and O–H groups in total. The minimum atomic E-state index is -0.581. The second-order valence-corrected chi connectivity index (χ2v) is 3.40. The highest BCUT2D eigenvalue weighted by molar-refractivity contribution is 5.93. The van der Waals surface area contributed by atoms with Crippen molar-refractivity contribution in [2.24, 2.45) is 0 Å². The Morgan fingerprint density at radius 2 is 2.00 bits per heavy atom. The summed E-state index contributed by atoms with van der Waals surface area (Å²) in [6, 6.07) is 4.94. The summed E-state index contributed by atoms with van der Waals surface area (Å²) in [4.78, 5) is 22.6. The van der Waals surface area contributed by atoms with E-state index >= 15 is 0 Å². The van der Waals surface area contributed by atoms with Crippen LogP contribution in [0, 0.1) is 6.92 Å². The minimum absolute atomic E-state index is 0.258. The van der Waals surface area contributed by atoms with E-state index < -0.39 is 11.9 Å². The minimum Gasteiger partial charge on any atom is -0.463 e. The molecule has 0 spiro atoms. The van der Waals surface area contributed by atoms with Gasteiger partial charge in [-0.15, -0.1) is 0 Å². The van der Waals surface area contributed by atoms with Gasteiger partial charge in [0.05, 0.1) is 12.2 Å². The molecule has 0 aliphatic heterocycles. The van der Waals surface area contributed by atoms with E-state index in [-0.39, 0.29) is 13.2 Å². The molecule has 0 radical (unpaired) electrons. The molecule has 0 saturated heterocycles. The Bertz CT molecular complexity index is 429. The second-order valence-electron chi connectivity index (χ2n) is 3.40. The fourth-order valence-electron chi connectivity index (χ4n) is 1.28. The molecule has 0 saturated carbocycles. The van der Waals surface area contributed by atoms with Crippen molar-refractivity contribution in [3.05, 3.63) is 29.3 Å². The number of nitrogens with two attached hydrogens (primary N) is 1. The van der Waals surface area contributed by atoms with Crippen LogP contribution < -0.4 is 5.73 Å². The Labute approximate surface area is 99.5 Å². The summed E-state index contributed by atoms with van der Waals surface area (Å²) < 4.78 is 9.45. The van der Waals surface area contributed by atoms with E-state index in [4.69, 9.17) is 10.5 Å². The third-order valence-electron chi connectivity index (χ3n) is 2.22. The van der Waals surface area contributed by atoms with E-state index in [1.54, 1.807) is 32.0 Å². The van der Waals surface area contributed by atoms with E-state index in [1.807, 2.05) is 0 Å². The fraction of sp³-hybridized carbons (Fsp3) is 0.333. The van der Waals surface area contributed by atoms with E-state index in [0.29, 0.717) is 16.8 Å². The van der Waals surface area contributed by atoms with Gasteiger partial charge in [0.25, 0.3) is 0 Å². The van der Waals surface area contributed by atoms with Crippen molar-refractivity contribution in [2.45, 2.75) is 13.8 Å². The Kier molecular flexibility index (Phi) is 4.51. The zero-order valence-electron chi connectivity index (χ0n) is 9.86. The Morgan fingerprint density at radius 1 is 1.29 bits per heavy atom. The predicted molar refractivity (Wildman–Crippen MR) is 62.5 cm³/mol. The van der Waals surface area contributed by atoms with E-state index in [1.165, 1.54) is 0 Å². The van der Waals surface area contributed by atoms with Crippen LogP contribution in [0.5, 0.6) is 0 Å². The smallest absolute Gasteiger partial charge is 0.344 e. The first-order valence-electron chi connectivity index (χ1n) is 5.24. The first-order valence-corrected chi connectivity index (χ1v) is 5.24. The number of hydrogen-bond acceptors (Lipinski definition) is 5. The molecule has 0 bridgehead atoms. The van der Waals surface area contributed by atoms with Gasteiger partial charge in [0, 0.05) is 5.69 Å². The molecule has 0 aromatic heterocycles. The van der Waals surface area contributed by atoms with Crippen LogP contribution in [0.3, 0.4) is 0 Å². The molecule has 1 rings (SSSR count). The predicted octanol–water partition coefficient (Wildman–Crippen LogP) is 1.30. The standard InChI is InChI=1S/C12H15NO4/c1-3-16-11(14)7-17-12(15)9-5-4-6-10(13)8(9)2/h4-6H,3,7,13H2,1-2H3. The highest BCUT2D eigenvalue weighted by Gasteiger charge is 2.13. The maximum absolute atomic E-state index is 11.6. The van der Waals surface area contributed by atoms with Gasteiger partial charge in [0.2, 0.25) is 0 Å². The van der Waals surface area contributed by atoms with Crippen LogP contribution in [0.15, 0.2) is 18.2 Å². The molecule has 1 aromatic carbocycles. The molecule has 0 aliphatic carbocycles. The molecular formula is C12H15NO4. The lowest BCUT2D eigenvalue weighted by molar-refractivity contribution is -0.146. The number of nitrogen functional groups attached to an aromatic ring is 1. The van der Waals surface area contributed by atoms with Gasteiger partial charge in [-0.3, -0.25) is 0 Å². The summed E-state index contributed by atoms with van der Waals surface area (Å²) in [5, 5.41) is 0. The van der Waals surface area contributed by atoms with E-state index in [0.717, 1.165) is 0 Å². The summed E-state index contributed by atoms with van der Waals surface area (Å²) in [5.41, 5.74) is 7.17. The molecule has 0 aliphatic rings. The molecule has 0 unspecified atom stereocenters. The summed E-state index contributed by atoms with van der Waals surface area (Å²) in [5.74, 6) is -1.15. The number of benzene rings is 1. The second kappa shape index (κ2) is 5.89. The van der Waals surface area contributed by atoms with Crippen molar-refractivity contribution in [1.82, 2.24) is 0 Å². The summed E-state index contributed by atoms with van der Waals surface area (Å²) in [6.07, 6.45) is 0. The number of rotatable bonds is 4. The SMILES string of the molecule is CCOC(=O)COC(=O)c1cccc(N)c1C. The molecular weight excluding hydrogens is 222 g/mol. The quantitative estimate of drug-likeness (QED) is 0.630. The molecule has 0 heterocycles. The topological polar surface area (TPSA) is 78.6 Å². The van der Waals surface area contributed by atoms with Crippen LogP contribution in [-0.2, 0) is 14.3 Å². The van der Waals surface area contributed by atoms with Gasteiger partial charge in [0.1, 0.15) is 0 Å². The maximum Gasteiger partial charge on any atom is 0.344 e. The van der Waals surface area contributed by atoms with Crippen molar-refractivity contribution >= 4 is 17.6 Å². The fourth-order valence-corrected chi connectivity index (χ4v) is 1.28. The molecule has 5 heteroatoms. The van der Waals surface area contributed by atoms with Gasteiger partial charge in [-0.05, 0) is 31.5 Å². The van der Waals surface area contributed by atoms with Crippen LogP contribution in [0.4, 0.5) is 5.69 Å². The Balaban J connectivity index is 2.64. The number of esters is 2. The average Bonchev–Trinajstić information content (AvgIpc) is 2.30. The summed E-state index contributed by atoms with van der Waals surface area (Å²) >= 11 is 0. The Hall–Kier alpha value is -2.04. The molecule has 0 amide bonds. The zero-order valence-corrected chi connectivity index (χ0v) is 9.86. The van der Waals surface area contributed by atoms with Gasteiger partial charge in [0.15, 0.2) is 6.61 Å². The molecule has 1 aromatic rings. The lowest BCUT2D eigenvalue weighted by atomic mass is 10.1. The average molecular weight is 237 g/mol. The first-order chi connectivity index (χ1) is 8.06. The Morgan fingerprint density at radius 3 is 2.65 bits per heavy atom. The number of carbonyl (C=O) groups excluding carboxylic acids is 2. The highest BCUT2D eigenvalue weighted by Crippen LogP contribution is 2.16. The first kappa shape index (κ1) is 13.0. The van der Waals surface area contributed by atoms with Crippen molar-refractivity contribution in [1.29, 1.82) is 0 Å². The van der Waals surface area contributed by atoms with Crippen LogP contribution >= 0.6 is 0 Å². The normalized spacial score (nSPS) is 9.76. The number of anilines is 1. The van der Waals surface area contributed by atoms with Crippen molar-refractivity contribution in [3.63, 3.8) is 0 Å². The summed E-state index contributed by atoms with van der Waals surface area (Å²) in [6.45, 7) is 3.27. The number of carbonyl (C=O) groups is 2. The van der Waals surface area contributed by atoms with Crippen LogP contribution in [0.2, 0.25) is 0 Å². The van der Waals surface area contributed by atoms with Crippen molar-refractivity contribution in [2.75, 3.05) is 18.9 Å². The third-order valence-corrected chi connectivity index (χ3v) is 2.22. The van der Waals surface area contributed by atoms with Crippen LogP contribution in [0.1, 0.15) is 22.8 Å². The van der Waals surface area contributed by atoms with Crippen LogP contribution in [0.25, 0.3) is 0 Å². The van der Waals surface area contributed by atoms with Gasteiger partial charge in [-0.2, -0.15) is 0 Å². The number of hydrogen-bond donors (Lipinski definition) is 1. The molecule has 0 atom stereocenters. The van der Waals surface area contributed by atoms with Gasteiger partial charge in [-0.25, -0.2) is 9.59 Å². The maximum atomic E-state index is 11.6. The number of ether oxygens (including phenoxy) is 2. The molecule has 0 fully saturated rings. The van der Waals surface area contributed by atoms with Gasteiger partial charge in [-0.1, -0.05) is 6.07 Å². The van der Waals surface area contributed by atoms with Crippen molar-refractivity contribution in [3.8, 4) is 0 Å². The monoisotopic (exact) mass is 237 g/mol. The van der Waals surface area contributed by atoms with Gasteiger partial charge < -0.3 is 15.2 Å². The molecule has 17 heavy (non-hydrogen) atoms. The zero-order chi connectivity index (χ0) is 12.8. The highest BCUT2D eigenvalue weighted by atomic mass is 16.6. The largest absolute Gasteiger partial charge is 0.463 e. The van der Waals surface area contributed by atoms with Gasteiger partial charge >= 0.3 is 11.9 Å². The van der Waals surface area contributed by atoms with Crippen molar-refractivity contribution < 1.29 is 19.1 Å². The third kappa shape index (κ3) is 3.48. The molecule has 5 nitrogen and oxygen atoms in total. The van der Waals surface area contributed by atoms with Crippen LogP contribution in [-0.4, -0.2) is 25.2 Å². The molecule has 92 valence electrons. The van der Waals surface area contributed by atoms with E-state index in [2.05, 4.69) is 4.74 Å². The lowest BCUT2D eigenvalue weighted by Gasteiger charge is -2.08. The summed E-state index contributed by atoms with van der Waals surface area (Å²) in [7, 11) is 0. The lowest BCUT2D eigenvalue weighted by Crippen LogP contribution is -2.17.